The summed E-state index contributed by atoms with van der Waals surface area (Å²) < 4.78 is 12.3. The fourth-order valence-corrected chi connectivity index (χ4v) is 1.65. The lowest BCUT2D eigenvalue weighted by molar-refractivity contribution is 0.323. The maximum atomic E-state index is 13.9. The third kappa shape index (κ3) is 2.14. The first-order valence-electron chi connectivity index (χ1n) is 4.29. The molecule has 0 bridgehead atoms. The predicted molar refractivity (Wildman–Crippen MR) is 66.7 cm³/mol. The third-order valence-corrected chi connectivity index (χ3v) is 3.85. The number of hydrogen-bond donors (Lipinski definition) is 0. The normalized spacial score (nSPS) is 33.6. The number of pyridine rings is 1. The smallest absolute Gasteiger partial charge is 0.251 e. The molecule has 1 radical (unpaired) electrons. The number of alkyl halides is 4. The van der Waals surface area contributed by atoms with Crippen LogP contribution in [0.25, 0.3) is 5.57 Å². The highest BCUT2D eigenvalue weighted by Gasteiger charge is 2.49. The van der Waals surface area contributed by atoms with E-state index < -0.39 is 9.04 Å². The molecular weight excluding hydrogens is 318 g/mol. The second kappa shape index (κ2) is 4.09. The zero-order valence-corrected chi connectivity index (χ0v) is 10.9. The van der Waals surface area contributed by atoms with E-state index in [1.165, 1.54) is 6.21 Å². The number of aliphatic imine (C=N–C) groups is 1. The molecule has 2 rings (SSSR count). The SMILES string of the molecule is FC1(Cl)C=C(c2[c]cccn2)C=NC1(Cl)Br. The topological polar surface area (TPSA) is 25.2 Å². The van der Waals surface area contributed by atoms with Crippen molar-refractivity contribution in [1.29, 1.82) is 0 Å². The Morgan fingerprint density at radius 2 is 2.19 bits per heavy atom. The van der Waals surface area contributed by atoms with Crippen molar-refractivity contribution >= 4 is 50.9 Å². The van der Waals surface area contributed by atoms with Crippen LogP contribution in [0.4, 0.5) is 4.39 Å². The Morgan fingerprint density at radius 1 is 1.44 bits per heavy atom. The van der Waals surface area contributed by atoms with E-state index in [9.17, 15) is 4.39 Å². The predicted octanol–water partition coefficient (Wildman–Crippen LogP) is 3.54. The van der Waals surface area contributed by atoms with Gasteiger partial charge in [0.2, 0.25) is 3.91 Å². The molecule has 1 aromatic rings. The van der Waals surface area contributed by atoms with Crippen molar-refractivity contribution in [2.45, 2.75) is 9.04 Å². The van der Waals surface area contributed by atoms with Crippen molar-refractivity contribution in [2.75, 3.05) is 0 Å². The zero-order chi connectivity index (χ0) is 11.8. The van der Waals surface area contributed by atoms with E-state index in [2.05, 4.69) is 32.0 Å². The van der Waals surface area contributed by atoms with Crippen molar-refractivity contribution in [3.63, 3.8) is 0 Å². The van der Waals surface area contributed by atoms with Gasteiger partial charge in [-0.1, -0.05) is 29.3 Å². The molecule has 0 spiro atoms. The van der Waals surface area contributed by atoms with Gasteiger partial charge < -0.3 is 0 Å². The van der Waals surface area contributed by atoms with E-state index in [-0.39, 0.29) is 0 Å². The average Bonchev–Trinajstić information content (AvgIpc) is 2.23. The summed E-state index contributed by atoms with van der Waals surface area (Å²) in [6.45, 7) is 0. The van der Waals surface area contributed by atoms with Gasteiger partial charge >= 0.3 is 0 Å². The number of aromatic nitrogens is 1. The molecule has 0 saturated heterocycles. The highest BCUT2D eigenvalue weighted by atomic mass is 79.9. The molecule has 0 fully saturated rings. The van der Waals surface area contributed by atoms with Crippen LogP contribution in [0.5, 0.6) is 0 Å². The van der Waals surface area contributed by atoms with Gasteiger partial charge in [-0.2, -0.15) is 0 Å². The molecule has 0 amide bonds. The molecule has 2 unspecified atom stereocenters. The standard InChI is InChI=1S/C10H5BrCl2FN2/c11-10(13)9(12,14)5-7(6-16-10)8-3-1-2-4-15-8/h1-2,4-6H. The lowest BCUT2D eigenvalue weighted by atomic mass is 10.1. The van der Waals surface area contributed by atoms with Crippen LogP contribution in [0.2, 0.25) is 0 Å². The van der Waals surface area contributed by atoms with Crippen LogP contribution in [0, 0.1) is 6.07 Å². The molecule has 6 heteroatoms. The van der Waals surface area contributed by atoms with Gasteiger partial charge in [-0.15, -0.1) is 0 Å². The Kier molecular flexibility index (Phi) is 3.07. The van der Waals surface area contributed by atoms with E-state index in [4.69, 9.17) is 23.2 Å². The van der Waals surface area contributed by atoms with Gasteiger partial charge in [0.15, 0.2) is 0 Å². The summed E-state index contributed by atoms with van der Waals surface area (Å²) >= 11 is 14.3. The monoisotopic (exact) mass is 321 g/mol. The second-order valence-corrected chi connectivity index (χ2v) is 5.85. The van der Waals surface area contributed by atoms with Crippen LogP contribution in [0.1, 0.15) is 5.69 Å². The number of allylic oxidation sites excluding steroid dienone is 1. The van der Waals surface area contributed by atoms with Crippen molar-refractivity contribution in [1.82, 2.24) is 4.98 Å². The van der Waals surface area contributed by atoms with Crippen molar-refractivity contribution in [3.05, 3.63) is 36.2 Å². The van der Waals surface area contributed by atoms with E-state index in [1.54, 1.807) is 18.3 Å². The highest BCUT2D eigenvalue weighted by molar-refractivity contribution is 9.10. The molecule has 2 atom stereocenters. The number of hydrogen-bond acceptors (Lipinski definition) is 2. The molecule has 2 nitrogen and oxygen atoms in total. The molecule has 1 aliphatic rings. The van der Waals surface area contributed by atoms with Crippen LogP contribution in [-0.2, 0) is 0 Å². The molecule has 2 heterocycles. The van der Waals surface area contributed by atoms with Crippen LogP contribution in [0.15, 0.2) is 29.4 Å². The molecule has 0 N–H and O–H groups in total. The average molecular weight is 323 g/mol. The van der Waals surface area contributed by atoms with Crippen molar-refractivity contribution in [2.24, 2.45) is 4.99 Å². The molecule has 1 aromatic heterocycles. The summed E-state index contributed by atoms with van der Waals surface area (Å²) in [5.74, 6) is 0. The third-order valence-electron chi connectivity index (χ3n) is 1.98. The van der Waals surface area contributed by atoms with Gasteiger partial charge in [0.05, 0.1) is 5.69 Å². The molecule has 83 valence electrons. The summed E-state index contributed by atoms with van der Waals surface area (Å²) in [5.41, 5.74) is 0.905. The molecule has 1 aliphatic heterocycles. The number of dihydropyridines is 1. The summed E-state index contributed by atoms with van der Waals surface area (Å²) in [6.07, 6.45) is 4.13. The van der Waals surface area contributed by atoms with Crippen LogP contribution < -0.4 is 0 Å². The summed E-state index contributed by atoms with van der Waals surface area (Å²) in [7, 11) is 0. The summed E-state index contributed by atoms with van der Waals surface area (Å²) in [4.78, 5) is 7.81. The lowest BCUT2D eigenvalue weighted by Gasteiger charge is -2.28. The lowest BCUT2D eigenvalue weighted by Crippen LogP contribution is -2.35. The minimum Gasteiger partial charge on any atom is -0.256 e. The van der Waals surface area contributed by atoms with Crippen LogP contribution in [-0.4, -0.2) is 20.2 Å². The number of rotatable bonds is 1. The fourth-order valence-electron chi connectivity index (χ4n) is 1.17. The quantitative estimate of drug-likeness (QED) is 0.573. The first-order chi connectivity index (χ1) is 7.42. The molecule has 0 saturated carbocycles. The Balaban J connectivity index is 2.41. The Bertz CT molecular complexity index is 457. The largest absolute Gasteiger partial charge is 0.256 e. The summed E-state index contributed by atoms with van der Waals surface area (Å²) in [5, 5.41) is -2.32. The highest BCUT2D eigenvalue weighted by Crippen LogP contribution is 2.47. The minimum absolute atomic E-state index is 0.439. The minimum atomic E-state index is -2.32. The van der Waals surface area contributed by atoms with Crippen molar-refractivity contribution < 1.29 is 4.39 Å². The molecule has 0 aromatic carbocycles. The molecular formula is C10H5BrCl2FN2. The van der Waals surface area contributed by atoms with Crippen molar-refractivity contribution in [3.8, 4) is 0 Å². The van der Waals surface area contributed by atoms with Gasteiger partial charge in [0.1, 0.15) is 0 Å². The van der Waals surface area contributed by atoms with Gasteiger partial charge in [0.25, 0.3) is 5.13 Å². The number of halogens is 4. The van der Waals surface area contributed by atoms with Gasteiger partial charge in [-0.05, 0) is 28.1 Å². The molecule has 0 aliphatic carbocycles. The molecule has 16 heavy (non-hydrogen) atoms. The Morgan fingerprint density at radius 3 is 2.75 bits per heavy atom. The van der Waals surface area contributed by atoms with E-state index >= 15 is 0 Å². The first-order valence-corrected chi connectivity index (χ1v) is 5.84. The van der Waals surface area contributed by atoms with Gasteiger partial charge in [0, 0.05) is 24.1 Å². The summed E-state index contributed by atoms with van der Waals surface area (Å²) in [6, 6.07) is 6.23. The van der Waals surface area contributed by atoms with Crippen LogP contribution in [0.3, 0.4) is 0 Å². The fraction of sp³-hybridized carbons (Fsp3) is 0.200. The Hall–Kier alpha value is -0.450. The zero-order valence-electron chi connectivity index (χ0n) is 7.79. The number of nitrogens with zero attached hydrogens (tertiary/aromatic N) is 2. The van der Waals surface area contributed by atoms with E-state index in [0.717, 1.165) is 6.08 Å². The second-order valence-electron chi connectivity index (χ2n) is 3.15. The Labute approximate surface area is 110 Å². The van der Waals surface area contributed by atoms with Gasteiger partial charge in [-0.25, -0.2) is 4.39 Å². The van der Waals surface area contributed by atoms with Crippen LogP contribution >= 0.6 is 39.1 Å². The van der Waals surface area contributed by atoms with Gasteiger partial charge in [-0.3, -0.25) is 9.98 Å². The van der Waals surface area contributed by atoms with E-state index in [0.29, 0.717) is 11.3 Å². The first kappa shape index (κ1) is 12.0. The maximum absolute atomic E-state index is 13.9. The van der Waals surface area contributed by atoms with E-state index in [1.807, 2.05) is 0 Å². The maximum Gasteiger partial charge on any atom is 0.251 e.